The Labute approximate surface area is 139 Å². The van der Waals surface area contributed by atoms with Crippen LogP contribution in [-0.4, -0.2) is 54.7 Å². The third-order valence-electron chi connectivity index (χ3n) is 3.87. The number of hydrogen-bond acceptors (Lipinski definition) is 6. The predicted molar refractivity (Wildman–Crippen MR) is 85.9 cm³/mol. The molecule has 126 valence electrons. The SMILES string of the molecule is O=C(OCC(=O)N1CCN(c2ccccc2)CC1)c1ccc(O)o1. The van der Waals surface area contributed by atoms with Crippen molar-refractivity contribution in [3.8, 4) is 5.95 Å². The van der Waals surface area contributed by atoms with Crippen molar-refractivity contribution in [2.75, 3.05) is 37.7 Å². The highest BCUT2D eigenvalue weighted by Crippen LogP contribution is 2.16. The van der Waals surface area contributed by atoms with Gasteiger partial charge in [-0.2, -0.15) is 0 Å². The number of amides is 1. The van der Waals surface area contributed by atoms with Gasteiger partial charge < -0.3 is 24.1 Å². The van der Waals surface area contributed by atoms with E-state index in [1.54, 1.807) is 4.90 Å². The van der Waals surface area contributed by atoms with Crippen molar-refractivity contribution in [3.63, 3.8) is 0 Å². The van der Waals surface area contributed by atoms with Gasteiger partial charge in [0.15, 0.2) is 6.61 Å². The van der Waals surface area contributed by atoms with Gasteiger partial charge in [-0.1, -0.05) is 18.2 Å². The molecule has 2 heterocycles. The third-order valence-corrected chi connectivity index (χ3v) is 3.87. The molecule has 0 unspecified atom stereocenters. The second kappa shape index (κ2) is 7.08. The van der Waals surface area contributed by atoms with Crippen LogP contribution < -0.4 is 4.90 Å². The van der Waals surface area contributed by atoms with Crippen molar-refractivity contribution < 1.29 is 23.8 Å². The average Bonchev–Trinajstić information content (AvgIpc) is 3.07. The second-order valence-electron chi connectivity index (χ2n) is 5.42. The number of anilines is 1. The summed E-state index contributed by atoms with van der Waals surface area (Å²) in [6.45, 7) is 2.27. The van der Waals surface area contributed by atoms with Crippen LogP contribution in [0, 0.1) is 0 Å². The van der Waals surface area contributed by atoms with Crippen LogP contribution in [0.1, 0.15) is 10.6 Å². The number of nitrogens with zero attached hydrogens (tertiary/aromatic N) is 2. The van der Waals surface area contributed by atoms with Crippen LogP contribution in [0.5, 0.6) is 5.95 Å². The standard InChI is InChI=1S/C17H18N2O5/c20-15(12-23-17(22)14-6-7-16(21)24-14)19-10-8-18(9-11-19)13-4-2-1-3-5-13/h1-7,21H,8-12H2. The van der Waals surface area contributed by atoms with Gasteiger partial charge in [-0.15, -0.1) is 0 Å². The highest BCUT2D eigenvalue weighted by Gasteiger charge is 2.23. The van der Waals surface area contributed by atoms with Crippen LogP contribution in [0.4, 0.5) is 5.69 Å². The minimum Gasteiger partial charge on any atom is -0.481 e. The summed E-state index contributed by atoms with van der Waals surface area (Å²) in [5, 5.41) is 9.05. The molecule has 0 aliphatic carbocycles. The number of rotatable bonds is 4. The van der Waals surface area contributed by atoms with Gasteiger partial charge in [0.25, 0.3) is 11.9 Å². The van der Waals surface area contributed by atoms with Crippen molar-refractivity contribution in [1.29, 1.82) is 0 Å². The summed E-state index contributed by atoms with van der Waals surface area (Å²) in [5.41, 5.74) is 1.13. The van der Waals surface area contributed by atoms with E-state index in [1.807, 2.05) is 30.3 Å². The number of piperazine rings is 1. The predicted octanol–water partition coefficient (Wildman–Crippen LogP) is 1.49. The number of aromatic hydroxyl groups is 1. The lowest BCUT2D eigenvalue weighted by Crippen LogP contribution is -2.49. The normalized spacial score (nSPS) is 14.5. The molecule has 1 amide bonds. The molecule has 1 saturated heterocycles. The van der Waals surface area contributed by atoms with Crippen molar-refractivity contribution in [2.24, 2.45) is 0 Å². The molecular weight excluding hydrogens is 312 g/mol. The third kappa shape index (κ3) is 3.68. The molecule has 24 heavy (non-hydrogen) atoms. The Balaban J connectivity index is 1.46. The lowest BCUT2D eigenvalue weighted by Gasteiger charge is -2.36. The van der Waals surface area contributed by atoms with Gasteiger partial charge in [-0.3, -0.25) is 4.79 Å². The fraction of sp³-hybridized carbons (Fsp3) is 0.294. The number of hydrogen-bond donors (Lipinski definition) is 1. The zero-order chi connectivity index (χ0) is 16.9. The molecule has 7 nitrogen and oxygen atoms in total. The Kier molecular flexibility index (Phi) is 4.69. The van der Waals surface area contributed by atoms with Crippen LogP contribution in [0.15, 0.2) is 46.9 Å². The number of carbonyl (C=O) groups excluding carboxylic acids is 2. The Morgan fingerprint density at radius 2 is 1.75 bits per heavy atom. The Hall–Kier alpha value is -2.96. The molecule has 1 fully saturated rings. The molecule has 0 radical (unpaired) electrons. The highest BCUT2D eigenvalue weighted by molar-refractivity contribution is 5.89. The molecule has 7 heteroatoms. The number of para-hydroxylation sites is 1. The van der Waals surface area contributed by atoms with Crippen molar-refractivity contribution in [2.45, 2.75) is 0 Å². The minimum absolute atomic E-state index is 0.130. The lowest BCUT2D eigenvalue weighted by molar-refractivity contribution is -0.134. The Morgan fingerprint density at radius 3 is 2.38 bits per heavy atom. The first kappa shape index (κ1) is 15.9. The molecule has 2 aromatic rings. The van der Waals surface area contributed by atoms with E-state index in [1.165, 1.54) is 12.1 Å². The van der Waals surface area contributed by atoms with Crippen LogP contribution in [0.2, 0.25) is 0 Å². The van der Waals surface area contributed by atoms with E-state index in [2.05, 4.69) is 4.90 Å². The fourth-order valence-electron chi connectivity index (χ4n) is 2.58. The van der Waals surface area contributed by atoms with E-state index in [9.17, 15) is 9.59 Å². The molecule has 0 bridgehead atoms. The van der Waals surface area contributed by atoms with Crippen LogP contribution in [0.25, 0.3) is 0 Å². The monoisotopic (exact) mass is 330 g/mol. The molecule has 1 aliphatic heterocycles. The maximum atomic E-state index is 12.1. The summed E-state index contributed by atoms with van der Waals surface area (Å²) in [5.74, 6) is -1.52. The number of ether oxygens (including phenoxy) is 1. The minimum atomic E-state index is -0.772. The highest BCUT2D eigenvalue weighted by atomic mass is 16.6. The van der Waals surface area contributed by atoms with Gasteiger partial charge in [0.1, 0.15) is 0 Å². The number of furan rings is 1. The first-order chi connectivity index (χ1) is 11.6. The topological polar surface area (TPSA) is 83.2 Å². The summed E-state index contributed by atoms with van der Waals surface area (Å²) >= 11 is 0. The lowest BCUT2D eigenvalue weighted by atomic mass is 10.2. The van der Waals surface area contributed by atoms with Gasteiger partial charge in [0.2, 0.25) is 5.76 Å². The van der Waals surface area contributed by atoms with E-state index in [4.69, 9.17) is 14.3 Å². The quantitative estimate of drug-likeness (QED) is 0.855. The summed E-state index contributed by atoms with van der Waals surface area (Å²) in [7, 11) is 0. The maximum absolute atomic E-state index is 12.1. The van der Waals surface area contributed by atoms with E-state index in [0.29, 0.717) is 13.1 Å². The van der Waals surface area contributed by atoms with Crippen LogP contribution >= 0.6 is 0 Å². The van der Waals surface area contributed by atoms with Crippen molar-refractivity contribution >= 4 is 17.6 Å². The van der Waals surface area contributed by atoms with Gasteiger partial charge >= 0.3 is 5.97 Å². The molecule has 1 aromatic heterocycles. The van der Waals surface area contributed by atoms with Gasteiger partial charge in [-0.05, 0) is 18.2 Å². The molecular formula is C17H18N2O5. The summed E-state index contributed by atoms with van der Waals surface area (Å²) in [4.78, 5) is 27.7. The van der Waals surface area contributed by atoms with Gasteiger partial charge in [0.05, 0.1) is 0 Å². The largest absolute Gasteiger partial charge is 0.481 e. The molecule has 1 N–H and O–H groups in total. The Bertz CT molecular complexity index is 705. The maximum Gasteiger partial charge on any atom is 0.374 e. The van der Waals surface area contributed by atoms with Gasteiger partial charge in [0, 0.05) is 37.9 Å². The van der Waals surface area contributed by atoms with E-state index in [0.717, 1.165) is 18.8 Å². The number of benzene rings is 1. The smallest absolute Gasteiger partial charge is 0.374 e. The molecule has 1 aliphatic rings. The zero-order valence-electron chi connectivity index (χ0n) is 13.1. The molecule has 0 saturated carbocycles. The summed E-state index contributed by atoms with van der Waals surface area (Å²) < 4.78 is 9.65. The van der Waals surface area contributed by atoms with E-state index >= 15 is 0 Å². The summed E-state index contributed by atoms with van der Waals surface area (Å²) in [6.07, 6.45) is 0. The molecule has 0 spiro atoms. The average molecular weight is 330 g/mol. The first-order valence-electron chi connectivity index (χ1n) is 7.67. The zero-order valence-corrected chi connectivity index (χ0v) is 13.1. The van der Waals surface area contributed by atoms with Crippen LogP contribution in [0.3, 0.4) is 0 Å². The molecule has 3 rings (SSSR count). The van der Waals surface area contributed by atoms with Crippen molar-refractivity contribution in [3.05, 3.63) is 48.2 Å². The van der Waals surface area contributed by atoms with Gasteiger partial charge in [-0.25, -0.2) is 4.79 Å². The molecule has 1 aromatic carbocycles. The second-order valence-corrected chi connectivity index (χ2v) is 5.42. The number of esters is 1. The van der Waals surface area contributed by atoms with E-state index < -0.39 is 5.97 Å². The first-order valence-corrected chi connectivity index (χ1v) is 7.67. The van der Waals surface area contributed by atoms with E-state index in [-0.39, 0.29) is 24.2 Å². The van der Waals surface area contributed by atoms with Crippen molar-refractivity contribution in [1.82, 2.24) is 4.90 Å². The van der Waals surface area contributed by atoms with Crippen LogP contribution in [-0.2, 0) is 9.53 Å². The number of carbonyl (C=O) groups is 2. The Morgan fingerprint density at radius 1 is 1.04 bits per heavy atom. The summed E-state index contributed by atoms with van der Waals surface area (Å²) in [6, 6.07) is 12.5. The fourth-order valence-corrected chi connectivity index (χ4v) is 2.58. The molecule has 0 atom stereocenters.